The second-order valence-electron chi connectivity index (χ2n) is 6.54. The van der Waals surface area contributed by atoms with E-state index in [1.165, 1.54) is 0 Å². The van der Waals surface area contributed by atoms with Crippen molar-refractivity contribution in [3.63, 3.8) is 0 Å². The molecule has 2 aliphatic rings. The maximum absolute atomic E-state index is 6.07. The highest BCUT2D eigenvalue weighted by atomic mass is 16.7. The molecule has 0 bridgehead atoms. The Kier molecular flexibility index (Phi) is 3.82. The van der Waals surface area contributed by atoms with Crippen molar-refractivity contribution in [1.82, 2.24) is 4.98 Å². The minimum atomic E-state index is -0.374. The summed E-state index contributed by atoms with van der Waals surface area (Å²) in [5.74, 6) is 0. The molecule has 0 aliphatic carbocycles. The van der Waals surface area contributed by atoms with Crippen molar-refractivity contribution in [2.75, 3.05) is 19.8 Å². The molecule has 0 saturated carbocycles. The van der Waals surface area contributed by atoms with Crippen molar-refractivity contribution in [1.29, 1.82) is 0 Å². The minimum absolute atomic E-state index is 0.110. The van der Waals surface area contributed by atoms with E-state index >= 15 is 0 Å². The van der Waals surface area contributed by atoms with Crippen molar-refractivity contribution in [2.45, 2.75) is 45.0 Å². The number of rotatable bonds is 2. The quantitative estimate of drug-likeness (QED) is 0.772. The number of hydrogen-bond donors (Lipinski definition) is 0. The van der Waals surface area contributed by atoms with Gasteiger partial charge >= 0.3 is 7.12 Å². The smallest absolute Gasteiger partial charge is 0.399 e. The van der Waals surface area contributed by atoms with Crippen molar-refractivity contribution < 1.29 is 18.8 Å². The summed E-state index contributed by atoms with van der Waals surface area (Å²) in [6.07, 6.45) is 1.66. The van der Waals surface area contributed by atoms with Crippen molar-refractivity contribution in [3.05, 3.63) is 24.0 Å². The molecule has 2 fully saturated rings. The predicted molar refractivity (Wildman–Crippen MR) is 79.5 cm³/mol. The van der Waals surface area contributed by atoms with Crippen LogP contribution in [-0.2, 0) is 18.8 Å². The van der Waals surface area contributed by atoms with Crippen molar-refractivity contribution in [3.8, 4) is 0 Å². The van der Waals surface area contributed by atoms with E-state index in [-0.39, 0.29) is 24.4 Å². The van der Waals surface area contributed by atoms with E-state index in [4.69, 9.17) is 18.8 Å². The molecule has 0 amide bonds. The molecule has 114 valence electrons. The van der Waals surface area contributed by atoms with Crippen LogP contribution in [0.4, 0.5) is 0 Å². The fraction of sp³-hybridized carbons (Fsp3) is 0.667. The summed E-state index contributed by atoms with van der Waals surface area (Å²) in [7, 11) is -0.374. The maximum Gasteiger partial charge on any atom is 0.494 e. The molecule has 6 heteroatoms. The monoisotopic (exact) mass is 291 g/mol. The molecule has 2 aliphatic heterocycles. The number of aromatic nitrogens is 1. The number of nitrogens with zero attached hydrogens (tertiary/aromatic N) is 1. The molecule has 0 aromatic carbocycles. The van der Waals surface area contributed by atoms with Gasteiger partial charge in [0.25, 0.3) is 0 Å². The molecule has 1 unspecified atom stereocenters. The van der Waals surface area contributed by atoms with Gasteiger partial charge in [-0.3, -0.25) is 4.98 Å². The third kappa shape index (κ3) is 2.86. The van der Waals surface area contributed by atoms with Crippen LogP contribution >= 0.6 is 0 Å². The number of pyridine rings is 1. The van der Waals surface area contributed by atoms with Gasteiger partial charge in [-0.25, -0.2) is 0 Å². The molecule has 21 heavy (non-hydrogen) atoms. The molecular weight excluding hydrogens is 269 g/mol. The van der Waals surface area contributed by atoms with E-state index in [1.807, 2.05) is 39.8 Å². The van der Waals surface area contributed by atoms with Gasteiger partial charge in [0.15, 0.2) is 0 Å². The van der Waals surface area contributed by atoms with Crippen LogP contribution in [0.3, 0.4) is 0 Å². The molecule has 0 spiro atoms. The van der Waals surface area contributed by atoms with Gasteiger partial charge in [-0.15, -0.1) is 0 Å². The highest BCUT2D eigenvalue weighted by Crippen LogP contribution is 2.36. The lowest BCUT2D eigenvalue weighted by molar-refractivity contribution is -0.0917. The Morgan fingerprint density at radius 1 is 1.14 bits per heavy atom. The topological polar surface area (TPSA) is 49.8 Å². The predicted octanol–water partition coefficient (Wildman–Crippen LogP) is 1.47. The van der Waals surface area contributed by atoms with Crippen LogP contribution in [0.2, 0.25) is 0 Å². The lowest BCUT2D eigenvalue weighted by atomic mass is 9.79. The zero-order valence-electron chi connectivity index (χ0n) is 13.1. The Morgan fingerprint density at radius 2 is 1.86 bits per heavy atom. The average Bonchev–Trinajstić information content (AvgIpc) is 2.69. The van der Waals surface area contributed by atoms with E-state index in [2.05, 4.69) is 4.98 Å². The lowest BCUT2D eigenvalue weighted by Gasteiger charge is -2.32. The third-order valence-electron chi connectivity index (χ3n) is 4.48. The lowest BCUT2D eigenvalue weighted by Crippen LogP contribution is -2.41. The van der Waals surface area contributed by atoms with E-state index < -0.39 is 0 Å². The van der Waals surface area contributed by atoms with E-state index in [0.29, 0.717) is 19.8 Å². The van der Waals surface area contributed by atoms with Crippen molar-refractivity contribution in [2.24, 2.45) is 0 Å². The Hall–Kier alpha value is -0.945. The first-order valence-corrected chi connectivity index (χ1v) is 7.40. The summed E-state index contributed by atoms with van der Waals surface area (Å²) < 4.78 is 23.3. The van der Waals surface area contributed by atoms with Crippen molar-refractivity contribution >= 4 is 12.6 Å². The second kappa shape index (κ2) is 5.36. The van der Waals surface area contributed by atoms with Crippen LogP contribution in [0.5, 0.6) is 0 Å². The van der Waals surface area contributed by atoms with Gasteiger partial charge in [0.05, 0.1) is 36.7 Å². The molecular formula is C15H22BNO4. The normalized spacial score (nSPS) is 27.8. The van der Waals surface area contributed by atoms with Crippen LogP contribution in [0.15, 0.2) is 18.3 Å². The van der Waals surface area contributed by atoms with Crippen LogP contribution in [0, 0.1) is 0 Å². The molecule has 1 aromatic rings. The summed E-state index contributed by atoms with van der Waals surface area (Å²) >= 11 is 0. The molecule has 3 heterocycles. The van der Waals surface area contributed by atoms with E-state index in [0.717, 1.165) is 11.2 Å². The minimum Gasteiger partial charge on any atom is -0.399 e. The van der Waals surface area contributed by atoms with Gasteiger partial charge in [0.1, 0.15) is 6.10 Å². The highest BCUT2D eigenvalue weighted by molar-refractivity contribution is 6.62. The largest absolute Gasteiger partial charge is 0.494 e. The fourth-order valence-electron chi connectivity index (χ4n) is 2.43. The van der Waals surface area contributed by atoms with Gasteiger partial charge in [-0.05, 0) is 45.3 Å². The summed E-state index contributed by atoms with van der Waals surface area (Å²) in [6.45, 7) is 9.99. The molecule has 1 aromatic heterocycles. The van der Waals surface area contributed by atoms with E-state index in [9.17, 15) is 0 Å². The van der Waals surface area contributed by atoms with Gasteiger partial charge in [-0.2, -0.15) is 0 Å². The Labute approximate surface area is 126 Å². The Bertz CT molecular complexity index is 498. The van der Waals surface area contributed by atoms with Crippen LogP contribution in [0.1, 0.15) is 39.5 Å². The molecule has 5 nitrogen and oxygen atoms in total. The summed E-state index contributed by atoms with van der Waals surface area (Å²) in [6, 6.07) is 3.91. The van der Waals surface area contributed by atoms with Crippen LogP contribution < -0.4 is 5.46 Å². The van der Waals surface area contributed by atoms with Gasteiger partial charge in [-0.1, -0.05) is 0 Å². The number of ether oxygens (including phenoxy) is 2. The summed E-state index contributed by atoms with van der Waals surface area (Å²) in [5, 5.41) is 0. The SMILES string of the molecule is CC1(C)OB(c2ccnc(C3COCCO3)c2)OC1(C)C. The highest BCUT2D eigenvalue weighted by Gasteiger charge is 2.51. The fourth-order valence-corrected chi connectivity index (χ4v) is 2.43. The molecule has 2 saturated heterocycles. The first kappa shape index (κ1) is 15.0. The molecule has 3 rings (SSSR count). The maximum atomic E-state index is 6.07. The molecule has 1 atom stereocenters. The molecule has 0 N–H and O–H groups in total. The van der Waals surface area contributed by atoms with E-state index in [1.54, 1.807) is 6.20 Å². The Balaban J connectivity index is 1.81. The number of hydrogen-bond acceptors (Lipinski definition) is 5. The molecule has 0 radical (unpaired) electrons. The third-order valence-corrected chi connectivity index (χ3v) is 4.48. The van der Waals surface area contributed by atoms with Crippen LogP contribution in [0.25, 0.3) is 0 Å². The van der Waals surface area contributed by atoms with Crippen LogP contribution in [-0.4, -0.2) is 43.1 Å². The van der Waals surface area contributed by atoms with Gasteiger partial charge in [0, 0.05) is 6.20 Å². The first-order chi connectivity index (χ1) is 9.89. The van der Waals surface area contributed by atoms with Gasteiger partial charge in [0.2, 0.25) is 0 Å². The Morgan fingerprint density at radius 3 is 2.48 bits per heavy atom. The summed E-state index contributed by atoms with van der Waals surface area (Å²) in [5.41, 5.74) is 1.15. The zero-order chi connectivity index (χ0) is 15.1. The standard InChI is InChI=1S/C15H22BNO4/c1-14(2)15(3,4)21-16(20-14)11-5-6-17-12(9-11)13-10-18-7-8-19-13/h5-6,9,13H,7-8,10H2,1-4H3. The summed E-state index contributed by atoms with van der Waals surface area (Å²) in [4.78, 5) is 4.39. The first-order valence-electron chi connectivity index (χ1n) is 7.40. The second-order valence-corrected chi connectivity index (χ2v) is 6.54. The zero-order valence-corrected chi connectivity index (χ0v) is 13.1. The van der Waals surface area contributed by atoms with Gasteiger partial charge < -0.3 is 18.8 Å². The average molecular weight is 291 g/mol.